The third-order valence-corrected chi connectivity index (χ3v) is 4.60. The molecule has 144 valence electrons. The third-order valence-electron chi connectivity index (χ3n) is 4.38. The Morgan fingerprint density at radius 1 is 1.29 bits per heavy atom. The summed E-state index contributed by atoms with van der Waals surface area (Å²) in [5.74, 6) is -0.670. The van der Waals surface area contributed by atoms with Crippen molar-refractivity contribution in [3.05, 3.63) is 75.0 Å². The number of nitrogens with one attached hydrogen (secondary N) is 2. The zero-order chi connectivity index (χ0) is 20.4. The summed E-state index contributed by atoms with van der Waals surface area (Å²) in [5.41, 5.74) is 1.06. The third kappa shape index (κ3) is 3.52. The molecule has 0 spiro atoms. The van der Waals surface area contributed by atoms with Crippen LogP contribution in [0.1, 0.15) is 28.9 Å². The van der Waals surface area contributed by atoms with Gasteiger partial charge in [0, 0.05) is 28.5 Å². The van der Waals surface area contributed by atoms with Crippen LogP contribution in [0.5, 0.6) is 11.5 Å². The van der Waals surface area contributed by atoms with Crippen LogP contribution in [-0.2, 0) is 0 Å². The zero-order valence-corrected chi connectivity index (χ0v) is 15.9. The van der Waals surface area contributed by atoms with Gasteiger partial charge in [0.25, 0.3) is 5.69 Å². The predicted octanol–water partition coefficient (Wildman–Crippen LogP) is 2.98. The van der Waals surface area contributed by atoms with Gasteiger partial charge < -0.3 is 20.5 Å². The lowest BCUT2D eigenvalue weighted by molar-refractivity contribution is -0.385. The van der Waals surface area contributed by atoms with Gasteiger partial charge in [-0.25, -0.2) is 0 Å². The van der Waals surface area contributed by atoms with Crippen molar-refractivity contribution in [1.29, 1.82) is 0 Å². The van der Waals surface area contributed by atoms with E-state index < -0.39 is 11.0 Å². The van der Waals surface area contributed by atoms with Crippen molar-refractivity contribution >= 4 is 28.8 Å². The SMILES string of the molecule is COc1cc([N+](=O)[O-])cc(C2NC(=S)NC(C)=C2C(=O)c2ccccc2)c1O. The number of carbonyl (C=O) groups excluding carboxylic acids is 1. The summed E-state index contributed by atoms with van der Waals surface area (Å²) in [7, 11) is 1.29. The Labute approximate surface area is 166 Å². The second-order valence-corrected chi connectivity index (χ2v) is 6.52. The molecule has 0 amide bonds. The van der Waals surface area contributed by atoms with E-state index in [2.05, 4.69) is 10.6 Å². The van der Waals surface area contributed by atoms with E-state index in [1.807, 2.05) is 0 Å². The van der Waals surface area contributed by atoms with Gasteiger partial charge in [-0.1, -0.05) is 30.3 Å². The lowest BCUT2D eigenvalue weighted by Gasteiger charge is -2.31. The molecule has 0 aliphatic carbocycles. The number of carbonyl (C=O) groups is 1. The van der Waals surface area contributed by atoms with Gasteiger partial charge in [0.05, 0.1) is 24.1 Å². The quantitative estimate of drug-likeness (QED) is 0.304. The number of thiocarbonyl (C=S) groups is 1. The predicted molar refractivity (Wildman–Crippen MR) is 106 cm³/mol. The number of methoxy groups -OCH3 is 1. The van der Waals surface area contributed by atoms with Crippen molar-refractivity contribution in [1.82, 2.24) is 10.6 Å². The van der Waals surface area contributed by atoms with Crippen LogP contribution in [0.4, 0.5) is 5.69 Å². The van der Waals surface area contributed by atoms with Crippen LogP contribution < -0.4 is 15.4 Å². The van der Waals surface area contributed by atoms with Gasteiger partial charge in [0.2, 0.25) is 0 Å². The van der Waals surface area contributed by atoms with Crippen molar-refractivity contribution in [2.24, 2.45) is 0 Å². The molecule has 9 heteroatoms. The molecule has 1 heterocycles. The second kappa shape index (κ2) is 7.65. The van der Waals surface area contributed by atoms with E-state index in [0.717, 1.165) is 6.07 Å². The zero-order valence-electron chi connectivity index (χ0n) is 15.1. The standard InChI is InChI=1S/C19H17N3O5S/c1-10-15(17(23)11-6-4-3-5-7-11)16(21-19(28)20-10)13-8-12(22(25)26)9-14(27-2)18(13)24/h3-9,16,24H,1-2H3,(H2,20,21,28). The number of Topliss-reactive ketones (excluding diaryl/α,β-unsaturated/α-hetero) is 1. The minimum atomic E-state index is -0.893. The Morgan fingerprint density at radius 2 is 1.96 bits per heavy atom. The fourth-order valence-electron chi connectivity index (χ4n) is 3.07. The molecule has 3 rings (SSSR count). The Bertz CT molecular complexity index is 1000. The molecule has 1 aliphatic rings. The van der Waals surface area contributed by atoms with E-state index >= 15 is 0 Å². The number of rotatable bonds is 5. The van der Waals surface area contributed by atoms with Crippen LogP contribution >= 0.6 is 12.2 Å². The molecule has 0 fully saturated rings. The van der Waals surface area contributed by atoms with E-state index in [0.29, 0.717) is 11.3 Å². The smallest absolute Gasteiger partial charge is 0.273 e. The number of ether oxygens (including phenoxy) is 1. The van der Waals surface area contributed by atoms with Crippen LogP contribution in [0.25, 0.3) is 0 Å². The van der Waals surface area contributed by atoms with E-state index in [9.17, 15) is 20.0 Å². The number of non-ortho nitro benzene ring substituents is 1. The maximum absolute atomic E-state index is 13.2. The van der Waals surface area contributed by atoms with Gasteiger partial charge in [0.15, 0.2) is 22.4 Å². The van der Waals surface area contributed by atoms with Crippen LogP contribution in [0, 0.1) is 10.1 Å². The molecule has 2 aromatic carbocycles. The summed E-state index contributed by atoms with van der Waals surface area (Å²) in [4.78, 5) is 23.9. The Morgan fingerprint density at radius 3 is 2.57 bits per heavy atom. The maximum Gasteiger partial charge on any atom is 0.273 e. The molecule has 0 radical (unpaired) electrons. The summed E-state index contributed by atoms with van der Waals surface area (Å²) in [5, 5.41) is 28.0. The van der Waals surface area contributed by atoms with Crippen LogP contribution in [0.3, 0.4) is 0 Å². The molecular formula is C19H17N3O5S. The summed E-state index contributed by atoms with van der Waals surface area (Å²) in [6.07, 6.45) is 0. The molecule has 3 N–H and O–H groups in total. The van der Waals surface area contributed by atoms with Crippen molar-refractivity contribution in [2.45, 2.75) is 13.0 Å². The fourth-order valence-corrected chi connectivity index (χ4v) is 3.34. The molecule has 8 nitrogen and oxygen atoms in total. The normalized spacial score (nSPS) is 16.2. The average Bonchev–Trinajstić information content (AvgIpc) is 2.67. The molecule has 0 bridgehead atoms. The number of allylic oxidation sites excluding steroid dienone is 1. The topological polar surface area (TPSA) is 114 Å². The first-order valence-corrected chi connectivity index (χ1v) is 8.67. The summed E-state index contributed by atoms with van der Waals surface area (Å²) in [6, 6.07) is 10.0. The number of nitrogens with zero attached hydrogens (tertiary/aromatic N) is 1. The van der Waals surface area contributed by atoms with Crippen molar-refractivity contribution in [3.8, 4) is 11.5 Å². The highest BCUT2D eigenvalue weighted by Crippen LogP contribution is 2.41. The summed E-state index contributed by atoms with van der Waals surface area (Å²) in [6.45, 7) is 1.68. The van der Waals surface area contributed by atoms with Crippen molar-refractivity contribution < 1.29 is 19.6 Å². The molecular weight excluding hydrogens is 382 g/mol. The van der Waals surface area contributed by atoms with Crippen LogP contribution in [-0.4, -0.2) is 28.0 Å². The van der Waals surface area contributed by atoms with Gasteiger partial charge in [0.1, 0.15) is 0 Å². The van der Waals surface area contributed by atoms with E-state index in [-0.39, 0.29) is 39.2 Å². The number of benzene rings is 2. The number of phenols is 1. The minimum Gasteiger partial charge on any atom is -0.504 e. The van der Waals surface area contributed by atoms with Crippen molar-refractivity contribution in [3.63, 3.8) is 0 Å². The highest BCUT2D eigenvalue weighted by atomic mass is 32.1. The number of ketones is 1. The Balaban J connectivity index is 2.20. The van der Waals surface area contributed by atoms with Gasteiger partial charge in [-0.3, -0.25) is 14.9 Å². The minimum absolute atomic E-state index is 0.0698. The number of nitro groups is 1. The van der Waals surface area contributed by atoms with E-state index in [1.165, 1.54) is 13.2 Å². The van der Waals surface area contributed by atoms with E-state index in [4.69, 9.17) is 17.0 Å². The van der Waals surface area contributed by atoms with Crippen molar-refractivity contribution in [2.75, 3.05) is 7.11 Å². The molecule has 1 aliphatic heterocycles. The second-order valence-electron chi connectivity index (χ2n) is 6.11. The molecule has 0 aromatic heterocycles. The summed E-state index contributed by atoms with van der Waals surface area (Å²) < 4.78 is 5.07. The first kappa shape index (κ1) is 19.3. The number of nitro benzene ring substituents is 1. The number of phenolic OH excluding ortho intramolecular Hbond substituents is 1. The Hall–Kier alpha value is -3.46. The number of aromatic hydroxyl groups is 1. The highest BCUT2D eigenvalue weighted by Gasteiger charge is 2.34. The molecule has 0 saturated heterocycles. The molecule has 1 unspecified atom stereocenters. The lowest BCUT2D eigenvalue weighted by atomic mass is 9.89. The first-order valence-electron chi connectivity index (χ1n) is 8.26. The monoisotopic (exact) mass is 399 g/mol. The molecule has 1 atom stereocenters. The van der Waals surface area contributed by atoms with E-state index in [1.54, 1.807) is 37.3 Å². The van der Waals surface area contributed by atoms with Gasteiger partial charge in [-0.05, 0) is 19.1 Å². The van der Waals surface area contributed by atoms with Gasteiger partial charge in [-0.15, -0.1) is 0 Å². The number of hydrogen-bond acceptors (Lipinski definition) is 6. The maximum atomic E-state index is 13.2. The Kier molecular flexibility index (Phi) is 5.27. The number of hydrogen-bond donors (Lipinski definition) is 3. The largest absolute Gasteiger partial charge is 0.504 e. The fraction of sp³-hybridized carbons (Fsp3) is 0.158. The summed E-state index contributed by atoms with van der Waals surface area (Å²) >= 11 is 5.19. The first-order chi connectivity index (χ1) is 13.3. The highest BCUT2D eigenvalue weighted by molar-refractivity contribution is 7.80. The molecule has 2 aromatic rings. The van der Waals surface area contributed by atoms with Crippen LogP contribution in [0.2, 0.25) is 0 Å². The molecule has 28 heavy (non-hydrogen) atoms. The van der Waals surface area contributed by atoms with Gasteiger partial charge >= 0.3 is 0 Å². The van der Waals surface area contributed by atoms with Gasteiger partial charge in [-0.2, -0.15) is 0 Å². The molecule has 0 saturated carbocycles. The lowest BCUT2D eigenvalue weighted by Crippen LogP contribution is -2.45. The van der Waals surface area contributed by atoms with Crippen LogP contribution in [0.15, 0.2) is 53.7 Å². The average molecular weight is 399 g/mol.